The van der Waals surface area contributed by atoms with Gasteiger partial charge < -0.3 is 10.1 Å². The highest BCUT2D eigenvalue weighted by molar-refractivity contribution is 7.13. The molecule has 9 heteroatoms. The second-order valence-corrected chi connectivity index (χ2v) is 8.65. The van der Waals surface area contributed by atoms with Crippen LogP contribution in [0.3, 0.4) is 0 Å². The molecule has 0 radical (unpaired) electrons. The maximum atomic E-state index is 13.1. The molecule has 1 unspecified atom stereocenters. The van der Waals surface area contributed by atoms with Crippen molar-refractivity contribution in [3.05, 3.63) is 69.7 Å². The molecule has 3 heterocycles. The number of amides is 1. The predicted octanol–water partition coefficient (Wildman–Crippen LogP) is 4.52. The summed E-state index contributed by atoms with van der Waals surface area (Å²) >= 11 is 7.65. The summed E-state index contributed by atoms with van der Waals surface area (Å²) in [5.74, 6) is -1.02. The predicted molar refractivity (Wildman–Crippen MR) is 125 cm³/mol. The minimum atomic E-state index is -0.990. The summed E-state index contributed by atoms with van der Waals surface area (Å²) < 4.78 is 7.15. The van der Waals surface area contributed by atoms with Crippen molar-refractivity contribution >= 4 is 45.8 Å². The van der Waals surface area contributed by atoms with Gasteiger partial charge in [-0.05, 0) is 43.0 Å². The smallest absolute Gasteiger partial charge is 0.339 e. The van der Waals surface area contributed by atoms with Gasteiger partial charge in [-0.2, -0.15) is 5.10 Å². The fraction of sp³-hybridized carbons (Fsp3) is 0.217. The first kappa shape index (κ1) is 22.0. The molecule has 0 aliphatic carbocycles. The standard InChI is InChI=1S/C23H21ClN4O3S/c1-13-20-16(11-18(19-9-6-10-32-19)26-21(20)28(3)27-13)23(30)31-14(2)22(29)25-12-15-7-4-5-8-17(15)24/h4-11,14H,12H2,1-3H3,(H,25,29). The molecule has 0 saturated heterocycles. The number of carbonyl (C=O) groups excluding carboxylic acids is 2. The van der Waals surface area contributed by atoms with Gasteiger partial charge in [0.05, 0.1) is 27.2 Å². The van der Waals surface area contributed by atoms with Crippen molar-refractivity contribution in [2.24, 2.45) is 7.05 Å². The number of fused-ring (bicyclic) bond motifs is 1. The van der Waals surface area contributed by atoms with Crippen LogP contribution in [0.25, 0.3) is 21.6 Å². The fourth-order valence-corrected chi connectivity index (χ4v) is 4.29. The number of hydrogen-bond donors (Lipinski definition) is 1. The van der Waals surface area contributed by atoms with E-state index in [0.717, 1.165) is 10.4 Å². The molecule has 0 saturated carbocycles. The SMILES string of the molecule is Cc1nn(C)c2nc(-c3cccs3)cc(C(=O)OC(C)C(=O)NCc3ccccc3Cl)c12. The number of pyridine rings is 1. The molecule has 1 N–H and O–H groups in total. The van der Waals surface area contributed by atoms with E-state index in [1.54, 1.807) is 23.9 Å². The van der Waals surface area contributed by atoms with Gasteiger partial charge in [0.1, 0.15) is 0 Å². The van der Waals surface area contributed by atoms with Crippen LogP contribution in [0.5, 0.6) is 0 Å². The van der Waals surface area contributed by atoms with Gasteiger partial charge in [-0.3, -0.25) is 9.48 Å². The maximum Gasteiger partial charge on any atom is 0.339 e. The molecule has 0 aliphatic rings. The molecule has 0 aliphatic heterocycles. The number of nitrogens with one attached hydrogen (secondary N) is 1. The van der Waals surface area contributed by atoms with Crippen LogP contribution in [0, 0.1) is 6.92 Å². The van der Waals surface area contributed by atoms with Crippen LogP contribution in [0.15, 0.2) is 47.8 Å². The van der Waals surface area contributed by atoms with Gasteiger partial charge in [0, 0.05) is 18.6 Å². The number of esters is 1. The van der Waals surface area contributed by atoms with Crippen LogP contribution in [-0.2, 0) is 23.1 Å². The van der Waals surface area contributed by atoms with E-state index in [-0.39, 0.29) is 6.54 Å². The zero-order valence-electron chi connectivity index (χ0n) is 17.8. The lowest BCUT2D eigenvalue weighted by atomic mass is 10.1. The van der Waals surface area contributed by atoms with E-state index in [9.17, 15) is 9.59 Å². The second-order valence-electron chi connectivity index (χ2n) is 7.30. The number of ether oxygens (including phenoxy) is 1. The van der Waals surface area contributed by atoms with Gasteiger partial charge in [0.2, 0.25) is 0 Å². The average molecular weight is 469 g/mol. The van der Waals surface area contributed by atoms with E-state index in [1.165, 1.54) is 18.3 Å². The molecule has 4 rings (SSSR count). The first-order valence-electron chi connectivity index (χ1n) is 9.95. The Morgan fingerprint density at radius 3 is 2.75 bits per heavy atom. The highest BCUT2D eigenvalue weighted by atomic mass is 35.5. The quantitative estimate of drug-likeness (QED) is 0.420. The van der Waals surface area contributed by atoms with Crippen molar-refractivity contribution in [1.82, 2.24) is 20.1 Å². The molecule has 7 nitrogen and oxygen atoms in total. The van der Waals surface area contributed by atoms with Gasteiger partial charge in [0.25, 0.3) is 5.91 Å². The van der Waals surface area contributed by atoms with Crippen LogP contribution in [0.1, 0.15) is 28.5 Å². The molecule has 0 fully saturated rings. The number of aryl methyl sites for hydroxylation is 2. The summed E-state index contributed by atoms with van der Waals surface area (Å²) in [5, 5.41) is 10.3. The Balaban J connectivity index is 1.56. The lowest BCUT2D eigenvalue weighted by Crippen LogP contribution is -2.35. The zero-order chi connectivity index (χ0) is 22.8. The van der Waals surface area contributed by atoms with Gasteiger partial charge in [-0.1, -0.05) is 35.9 Å². The minimum absolute atomic E-state index is 0.240. The summed E-state index contributed by atoms with van der Waals surface area (Å²) in [4.78, 5) is 31.2. The number of halogens is 1. The number of benzene rings is 1. The van der Waals surface area contributed by atoms with Crippen molar-refractivity contribution in [2.45, 2.75) is 26.5 Å². The summed E-state index contributed by atoms with van der Waals surface area (Å²) in [6, 6.07) is 12.8. The Hall–Kier alpha value is -3.23. The maximum absolute atomic E-state index is 13.1. The third-order valence-corrected chi connectivity index (χ3v) is 6.29. The average Bonchev–Trinajstić information content (AvgIpc) is 3.41. The summed E-state index contributed by atoms with van der Waals surface area (Å²) in [5.41, 5.74) is 3.00. The fourth-order valence-electron chi connectivity index (χ4n) is 3.40. The van der Waals surface area contributed by atoms with Crippen LogP contribution in [-0.4, -0.2) is 32.7 Å². The number of rotatable bonds is 6. The molecule has 32 heavy (non-hydrogen) atoms. The first-order valence-corrected chi connectivity index (χ1v) is 11.2. The molecule has 4 aromatic rings. The van der Waals surface area contributed by atoms with Crippen LogP contribution >= 0.6 is 22.9 Å². The van der Waals surface area contributed by atoms with E-state index in [0.29, 0.717) is 33.0 Å². The number of carbonyl (C=O) groups is 2. The lowest BCUT2D eigenvalue weighted by Gasteiger charge is -2.15. The van der Waals surface area contributed by atoms with Crippen LogP contribution in [0.4, 0.5) is 0 Å². The molecule has 0 bridgehead atoms. The normalized spacial score (nSPS) is 12.0. The third kappa shape index (κ3) is 4.37. The molecule has 1 atom stereocenters. The van der Waals surface area contributed by atoms with Gasteiger partial charge in [-0.25, -0.2) is 9.78 Å². The second kappa shape index (κ2) is 9.10. The third-order valence-electron chi connectivity index (χ3n) is 5.03. The minimum Gasteiger partial charge on any atom is -0.449 e. The summed E-state index contributed by atoms with van der Waals surface area (Å²) in [6.07, 6.45) is -0.990. The van der Waals surface area contributed by atoms with Gasteiger partial charge >= 0.3 is 5.97 Å². The number of thiophene rings is 1. The Labute approximate surface area is 194 Å². The molecule has 164 valence electrons. The van der Waals surface area contributed by atoms with Crippen molar-refractivity contribution < 1.29 is 14.3 Å². The molecule has 0 spiro atoms. The van der Waals surface area contributed by atoms with Crippen LogP contribution < -0.4 is 5.32 Å². The van der Waals surface area contributed by atoms with Crippen molar-refractivity contribution in [2.75, 3.05) is 0 Å². The molecular weight excluding hydrogens is 448 g/mol. The van der Waals surface area contributed by atoms with Crippen LogP contribution in [0.2, 0.25) is 5.02 Å². The van der Waals surface area contributed by atoms with E-state index < -0.39 is 18.0 Å². The van der Waals surface area contributed by atoms with Crippen molar-refractivity contribution in [3.8, 4) is 10.6 Å². The lowest BCUT2D eigenvalue weighted by molar-refractivity contribution is -0.129. The first-order chi connectivity index (χ1) is 15.3. The highest BCUT2D eigenvalue weighted by Gasteiger charge is 2.24. The highest BCUT2D eigenvalue weighted by Crippen LogP contribution is 2.29. The topological polar surface area (TPSA) is 86.1 Å². The van der Waals surface area contributed by atoms with E-state index >= 15 is 0 Å². The van der Waals surface area contributed by atoms with Crippen molar-refractivity contribution in [1.29, 1.82) is 0 Å². The Kier molecular flexibility index (Phi) is 6.25. The summed E-state index contributed by atoms with van der Waals surface area (Å²) in [6.45, 7) is 3.59. The van der Waals surface area contributed by atoms with Gasteiger partial charge in [0.15, 0.2) is 11.8 Å². The number of nitrogens with zero attached hydrogens (tertiary/aromatic N) is 3. The number of hydrogen-bond acceptors (Lipinski definition) is 6. The van der Waals surface area contributed by atoms with Gasteiger partial charge in [-0.15, -0.1) is 11.3 Å². The van der Waals surface area contributed by atoms with E-state index in [2.05, 4.69) is 15.4 Å². The van der Waals surface area contributed by atoms with Crippen molar-refractivity contribution in [3.63, 3.8) is 0 Å². The van der Waals surface area contributed by atoms with E-state index in [1.807, 2.05) is 42.6 Å². The largest absolute Gasteiger partial charge is 0.449 e. The zero-order valence-corrected chi connectivity index (χ0v) is 19.3. The molecule has 3 aromatic heterocycles. The molecule has 1 aromatic carbocycles. The Morgan fingerprint density at radius 1 is 1.25 bits per heavy atom. The monoisotopic (exact) mass is 468 g/mol. The van der Waals surface area contributed by atoms with E-state index in [4.69, 9.17) is 16.3 Å². The summed E-state index contributed by atoms with van der Waals surface area (Å²) in [7, 11) is 1.78. The molecular formula is C23H21ClN4O3S. The molecule has 1 amide bonds. The Bertz CT molecular complexity index is 1300. The Morgan fingerprint density at radius 2 is 2.03 bits per heavy atom. The number of aromatic nitrogens is 3.